The van der Waals surface area contributed by atoms with Gasteiger partial charge in [0.25, 0.3) is 0 Å². The minimum Gasteiger partial charge on any atom is -0.489 e. The van der Waals surface area contributed by atoms with Crippen LogP contribution in [0.4, 0.5) is 14.7 Å². The summed E-state index contributed by atoms with van der Waals surface area (Å²) in [6.07, 6.45) is 4.49. The van der Waals surface area contributed by atoms with Crippen molar-refractivity contribution < 1.29 is 13.5 Å². The largest absolute Gasteiger partial charge is 0.489 e. The number of piperazine rings is 1. The van der Waals surface area contributed by atoms with Crippen molar-refractivity contribution in [1.82, 2.24) is 14.9 Å². The van der Waals surface area contributed by atoms with E-state index in [0.29, 0.717) is 17.7 Å². The quantitative estimate of drug-likeness (QED) is 0.842. The highest BCUT2D eigenvalue weighted by Gasteiger charge is 2.39. The molecule has 1 unspecified atom stereocenters. The number of piperidine rings is 1. The van der Waals surface area contributed by atoms with E-state index < -0.39 is 5.82 Å². The van der Waals surface area contributed by atoms with Crippen LogP contribution in [-0.2, 0) is 0 Å². The first-order valence-corrected chi connectivity index (χ1v) is 9.00. The van der Waals surface area contributed by atoms with Crippen LogP contribution in [0.15, 0.2) is 36.7 Å². The zero-order valence-corrected chi connectivity index (χ0v) is 14.7. The molecule has 2 aromatic rings. The van der Waals surface area contributed by atoms with Crippen LogP contribution in [0.2, 0.25) is 0 Å². The highest BCUT2D eigenvalue weighted by atomic mass is 19.1. The van der Waals surface area contributed by atoms with E-state index in [9.17, 15) is 8.78 Å². The molecule has 1 aromatic carbocycles. The lowest BCUT2D eigenvalue weighted by Crippen LogP contribution is -2.62. The Morgan fingerprint density at radius 1 is 1.00 bits per heavy atom. The summed E-state index contributed by atoms with van der Waals surface area (Å²) in [5.41, 5.74) is 0. The topological polar surface area (TPSA) is 41.5 Å². The lowest BCUT2D eigenvalue weighted by Gasteiger charge is -2.50. The summed E-state index contributed by atoms with van der Waals surface area (Å²) in [6, 6.07) is 6.84. The number of nitrogens with zero attached hydrogens (tertiary/aromatic N) is 4. The first kappa shape index (κ1) is 17.1. The molecular formula is C19H22F2N4O. The van der Waals surface area contributed by atoms with Gasteiger partial charge in [-0.25, -0.2) is 18.7 Å². The standard InChI is InChI=1S/C19H22F2N4O/c1-13-18-7-6-17(26-16-4-2-14(20)3-5-16)12-24(18)8-9-25(13)19-22-10-15(21)11-23-19/h2-5,10-11,13,17-18H,6-9,12H2,1H3/t13?,17-,18-/m1/s1. The fraction of sp³-hybridized carbons (Fsp3) is 0.474. The van der Waals surface area contributed by atoms with E-state index in [2.05, 4.69) is 26.7 Å². The second kappa shape index (κ2) is 7.15. The van der Waals surface area contributed by atoms with Gasteiger partial charge >= 0.3 is 0 Å². The first-order chi connectivity index (χ1) is 12.6. The molecule has 3 atom stereocenters. The average molecular weight is 360 g/mol. The first-order valence-electron chi connectivity index (χ1n) is 9.00. The van der Waals surface area contributed by atoms with Crippen molar-refractivity contribution in [3.8, 4) is 5.75 Å². The number of halogens is 2. The van der Waals surface area contributed by atoms with Crippen LogP contribution in [0.25, 0.3) is 0 Å². The highest BCUT2D eigenvalue weighted by molar-refractivity contribution is 5.33. The molecule has 0 radical (unpaired) electrons. The number of ether oxygens (including phenoxy) is 1. The predicted molar refractivity (Wildman–Crippen MR) is 94.2 cm³/mol. The van der Waals surface area contributed by atoms with Gasteiger partial charge in [-0.1, -0.05) is 0 Å². The monoisotopic (exact) mass is 360 g/mol. The Bertz CT molecular complexity index is 740. The summed E-state index contributed by atoms with van der Waals surface area (Å²) in [6.45, 7) is 4.71. The number of fused-ring (bicyclic) bond motifs is 1. The molecule has 0 spiro atoms. The van der Waals surface area contributed by atoms with Crippen molar-refractivity contribution in [2.45, 2.75) is 38.0 Å². The molecule has 4 rings (SSSR count). The number of hydrogen-bond acceptors (Lipinski definition) is 5. The Balaban J connectivity index is 1.40. The average Bonchev–Trinajstić information content (AvgIpc) is 2.65. The lowest BCUT2D eigenvalue weighted by molar-refractivity contribution is 0.0286. The Morgan fingerprint density at radius 2 is 1.73 bits per heavy atom. The van der Waals surface area contributed by atoms with Gasteiger partial charge in [0.1, 0.15) is 17.7 Å². The molecule has 2 aliphatic heterocycles. The Kier molecular flexibility index (Phi) is 4.72. The molecule has 0 N–H and O–H groups in total. The number of aromatic nitrogens is 2. The molecule has 3 heterocycles. The molecule has 0 saturated carbocycles. The predicted octanol–water partition coefficient (Wildman–Crippen LogP) is 2.88. The molecule has 138 valence electrons. The Labute approximate surface area is 151 Å². The van der Waals surface area contributed by atoms with Gasteiger partial charge in [-0.05, 0) is 44.0 Å². The fourth-order valence-electron chi connectivity index (χ4n) is 4.02. The van der Waals surface area contributed by atoms with Crippen LogP contribution in [0.3, 0.4) is 0 Å². The van der Waals surface area contributed by atoms with E-state index in [0.717, 1.165) is 32.5 Å². The molecule has 1 aromatic heterocycles. The molecule has 2 saturated heterocycles. The summed E-state index contributed by atoms with van der Waals surface area (Å²) < 4.78 is 32.1. The number of anilines is 1. The van der Waals surface area contributed by atoms with Crippen LogP contribution >= 0.6 is 0 Å². The zero-order chi connectivity index (χ0) is 18.1. The minimum atomic E-state index is -0.418. The second-order valence-corrected chi connectivity index (χ2v) is 6.97. The maximum Gasteiger partial charge on any atom is 0.225 e. The van der Waals surface area contributed by atoms with E-state index in [-0.39, 0.29) is 18.0 Å². The van der Waals surface area contributed by atoms with Crippen molar-refractivity contribution in [2.24, 2.45) is 0 Å². The normalized spacial score (nSPS) is 26.4. The lowest BCUT2D eigenvalue weighted by atomic mass is 9.92. The van der Waals surface area contributed by atoms with Crippen molar-refractivity contribution in [3.63, 3.8) is 0 Å². The molecular weight excluding hydrogens is 338 g/mol. The Morgan fingerprint density at radius 3 is 2.46 bits per heavy atom. The van der Waals surface area contributed by atoms with Crippen molar-refractivity contribution in [1.29, 1.82) is 0 Å². The van der Waals surface area contributed by atoms with E-state index in [4.69, 9.17) is 4.74 Å². The number of rotatable bonds is 3. The third kappa shape index (κ3) is 3.49. The summed E-state index contributed by atoms with van der Waals surface area (Å²) in [4.78, 5) is 12.9. The summed E-state index contributed by atoms with van der Waals surface area (Å²) in [5, 5.41) is 0. The fourth-order valence-corrected chi connectivity index (χ4v) is 4.02. The van der Waals surface area contributed by atoms with Gasteiger partial charge in [0, 0.05) is 31.7 Å². The molecule has 0 aliphatic carbocycles. The summed E-state index contributed by atoms with van der Waals surface area (Å²) in [7, 11) is 0. The Hall–Kier alpha value is -2.28. The van der Waals surface area contributed by atoms with Crippen LogP contribution in [-0.4, -0.2) is 52.7 Å². The van der Waals surface area contributed by atoms with E-state index in [1.54, 1.807) is 12.1 Å². The SMILES string of the molecule is CC1[C@H]2CC[C@@H](Oc3ccc(F)cc3)CN2CCN1c1ncc(F)cn1. The summed E-state index contributed by atoms with van der Waals surface area (Å²) >= 11 is 0. The number of hydrogen-bond donors (Lipinski definition) is 0. The van der Waals surface area contributed by atoms with Crippen LogP contribution in [0.5, 0.6) is 5.75 Å². The van der Waals surface area contributed by atoms with E-state index in [1.165, 1.54) is 24.5 Å². The molecule has 2 fully saturated rings. The molecule has 0 amide bonds. The smallest absolute Gasteiger partial charge is 0.225 e. The van der Waals surface area contributed by atoms with Gasteiger partial charge in [0.15, 0.2) is 5.82 Å². The maximum absolute atomic E-state index is 13.1. The summed E-state index contributed by atoms with van der Waals surface area (Å²) in [5.74, 6) is 0.622. The maximum atomic E-state index is 13.1. The molecule has 2 aliphatic rings. The van der Waals surface area contributed by atoms with Crippen LogP contribution < -0.4 is 9.64 Å². The van der Waals surface area contributed by atoms with E-state index in [1.807, 2.05) is 0 Å². The van der Waals surface area contributed by atoms with Gasteiger partial charge in [-0.15, -0.1) is 0 Å². The van der Waals surface area contributed by atoms with Crippen molar-refractivity contribution in [3.05, 3.63) is 48.3 Å². The third-order valence-corrected chi connectivity index (χ3v) is 5.35. The van der Waals surface area contributed by atoms with Crippen LogP contribution in [0.1, 0.15) is 19.8 Å². The molecule has 26 heavy (non-hydrogen) atoms. The number of benzene rings is 1. The minimum absolute atomic E-state index is 0.109. The van der Waals surface area contributed by atoms with Gasteiger partial charge in [-0.2, -0.15) is 0 Å². The van der Waals surface area contributed by atoms with E-state index >= 15 is 0 Å². The van der Waals surface area contributed by atoms with Gasteiger partial charge in [0.05, 0.1) is 12.4 Å². The van der Waals surface area contributed by atoms with Crippen molar-refractivity contribution >= 4 is 5.95 Å². The third-order valence-electron chi connectivity index (χ3n) is 5.35. The zero-order valence-electron chi connectivity index (χ0n) is 14.7. The molecule has 7 heteroatoms. The molecule has 5 nitrogen and oxygen atoms in total. The van der Waals surface area contributed by atoms with Gasteiger partial charge in [0.2, 0.25) is 5.95 Å². The molecule has 0 bridgehead atoms. The van der Waals surface area contributed by atoms with Crippen LogP contribution in [0, 0.1) is 11.6 Å². The van der Waals surface area contributed by atoms with Gasteiger partial charge in [-0.3, -0.25) is 4.90 Å². The van der Waals surface area contributed by atoms with Crippen molar-refractivity contribution in [2.75, 3.05) is 24.5 Å². The highest BCUT2D eigenvalue weighted by Crippen LogP contribution is 2.30. The van der Waals surface area contributed by atoms with Gasteiger partial charge < -0.3 is 9.64 Å². The second-order valence-electron chi connectivity index (χ2n) is 6.97.